The second-order valence-electron chi connectivity index (χ2n) is 0.832. The van der Waals surface area contributed by atoms with Crippen LogP contribution < -0.4 is 4.98 Å². The second kappa shape index (κ2) is 3.17. The first kappa shape index (κ1) is 5.97. The van der Waals surface area contributed by atoms with Gasteiger partial charge in [0, 0.05) is 21.1 Å². The number of rotatable bonds is 0. The van der Waals surface area contributed by atoms with E-state index in [1.165, 1.54) is 0 Å². The summed E-state index contributed by atoms with van der Waals surface area (Å²) in [5, 5.41) is 0. The van der Waals surface area contributed by atoms with Crippen LogP contribution in [0.3, 0.4) is 0 Å². The van der Waals surface area contributed by atoms with Crippen molar-refractivity contribution >= 4 is 0 Å². The van der Waals surface area contributed by atoms with Crippen molar-refractivity contribution in [3.63, 3.8) is 0 Å². The topological polar surface area (TPSA) is 14.1 Å². The van der Waals surface area contributed by atoms with Gasteiger partial charge in [-0.2, -0.15) is 12.4 Å². The summed E-state index contributed by atoms with van der Waals surface area (Å²) in [6.07, 6.45) is 3.50. The molecule has 0 saturated carbocycles. The maximum atomic E-state index is 3.72. The molecule has 0 aromatic carbocycles. The van der Waals surface area contributed by atoms with Gasteiger partial charge < -0.3 is 4.98 Å². The first-order valence-electron chi connectivity index (χ1n) is 1.52. The predicted octanol–water partition coefficient (Wildman–Crippen LogP) is 0.641. The summed E-state index contributed by atoms with van der Waals surface area (Å²) in [6.45, 7) is 0. The SMILES string of the molecule is [Mo].c1cc[n-]c1. The molecule has 0 aliphatic rings. The van der Waals surface area contributed by atoms with Gasteiger partial charge in [-0.25, -0.2) is 0 Å². The molecule has 0 aliphatic carbocycles. The maximum Gasteiger partial charge on any atom is 0 e. The zero-order chi connectivity index (χ0) is 3.54. The van der Waals surface area contributed by atoms with E-state index in [9.17, 15) is 0 Å². The van der Waals surface area contributed by atoms with Gasteiger partial charge in [0.15, 0.2) is 0 Å². The van der Waals surface area contributed by atoms with Gasteiger partial charge in [-0.15, -0.1) is 0 Å². The molecule has 0 fully saturated rings. The molecule has 1 heterocycles. The van der Waals surface area contributed by atoms with E-state index in [-0.39, 0.29) is 21.1 Å². The third-order valence-corrected chi connectivity index (χ3v) is 0.455. The zero-order valence-electron chi connectivity index (χ0n) is 3.16. The van der Waals surface area contributed by atoms with Crippen molar-refractivity contribution in [1.29, 1.82) is 0 Å². The fourth-order valence-corrected chi connectivity index (χ4v) is 0.248. The number of aromatic nitrogens is 1. The van der Waals surface area contributed by atoms with Crippen LogP contribution in [-0.2, 0) is 21.1 Å². The number of hydrogen-bond acceptors (Lipinski definition) is 0. The van der Waals surface area contributed by atoms with Crippen molar-refractivity contribution in [2.45, 2.75) is 0 Å². The first-order chi connectivity index (χ1) is 2.50. The average Bonchev–Trinajstić information content (AvgIpc) is 1.76. The van der Waals surface area contributed by atoms with Crippen LogP contribution in [0.5, 0.6) is 0 Å². The van der Waals surface area contributed by atoms with Crippen molar-refractivity contribution < 1.29 is 21.1 Å². The number of hydrogen-bond donors (Lipinski definition) is 0. The molecule has 1 nitrogen and oxygen atoms in total. The summed E-state index contributed by atoms with van der Waals surface area (Å²) in [6, 6.07) is 3.78. The second-order valence-corrected chi connectivity index (χ2v) is 0.832. The monoisotopic (exact) mass is 164 g/mol. The zero-order valence-corrected chi connectivity index (χ0v) is 5.17. The Balaban J connectivity index is 0.000000250. The van der Waals surface area contributed by atoms with Crippen molar-refractivity contribution in [2.75, 3.05) is 0 Å². The summed E-state index contributed by atoms with van der Waals surface area (Å²) in [5.74, 6) is 0. The van der Waals surface area contributed by atoms with E-state index < -0.39 is 0 Å². The smallest absolute Gasteiger partial charge is 0 e. The summed E-state index contributed by atoms with van der Waals surface area (Å²) in [7, 11) is 0. The molecular weight excluding hydrogens is 158 g/mol. The largest absolute Gasteiger partial charge is 0.670 e. The van der Waals surface area contributed by atoms with E-state index in [1.54, 1.807) is 12.4 Å². The molecule has 0 amide bonds. The molecule has 1 rings (SSSR count). The van der Waals surface area contributed by atoms with Gasteiger partial charge in [0.25, 0.3) is 0 Å². The maximum absolute atomic E-state index is 3.72. The Labute approximate surface area is 51.0 Å². The molecule has 0 N–H and O–H groups in total. The molecule has 0 saturated heterocycles. The van der Waals surface area contributed by atoms with Crippen LogP contribution in [0.25, 0.3) is 0 Å². The Hall–Kier alpha value is -0.0317. The van der Waals surface area contributed by atoms with Gasteiger partial charge in [0.2, 0.25) is 0 Å². The summed E-state index contributed by atoms with van der Waals surface area (Å²) < 4.78 is 0. The molecule has 0 radical (unpaired) electrons. The molecule has 6 heavy (non-hydrogen) atoms. The molecule has 0 spiro atoms. The summed E-state index contributed by atoms with van der Waals surface area (Å²) in [4.78, 5) is 3.72. The van der Waals surface area contributed by atoms with Crippen molar-refractivity contribution in [3.8, 4) is 0 Å². The molecule has 1 aromatic heterocycles. The minimum Gasteiger partial charge on any atom is -0.670 e. The van der Waals surface area contributed by atoms with E-state index in [0.29, 0.717) is 0 Å². The van der Waals surface area contributed by atoms with Crippen LogP contribution in [0.4, 0.5) is 0 Å². The van der Waals surface area contributed by atoms with Gasteiger partial charge in [-0.3, -0.25) is 0 Å². The van der Waals surface area contributed by atoms with E-state index in [2.05, 4.69) is 4.98 Å². The van der Waals surface area contributed by atoms with Crippen molar-refractivity contribution in [1.82, 2.24) is 4.98 Å². The summed E-state index contributed by atoms with van der Waals surface area (Å²) >= 11 is 0. The molecule has 1 aromatic rings. The molecule has 0 unspecified atom stereocenters. The van der Waals surface area contributed by atoms with E-state index in [0.717, 1.165) is 0 Å². The van der Waals surface area contributed by atoms with Crippen molar-refractivity contribution in [2.24, 2.45) is 0 Å². The predicted molar refractivity (Wildman–Crippen MR) is 19.8 cm³/mol. The molecule has 32 valence electrons. The Morgan fingerprint density at radius 3 is 1.67 bits per heavy atom. The van der Waals surface area contributed by atoms with Crippen LogP contribution in [0.1, 0.15) is 0 Å². The minimum atomic E-state index is 0. The standard InChI is InChI=1S/C4H4N.Mo/c1-2-4-5-3-1;/h1-4H;/q-1;. The van der Waals surface area contributed by atoms with E-state index in [1.807, 2.05) is 12.1 Å². The fraction of sp³-hybridized carbons (Fsp3) is 0. The molecule has 0 atom stereocenters. The minimum absolute atomic E-state index is 0. The third kappa shape index (κ3) is 1.42. The van der Waals surface area contributed by atoms with Gasteiger partial charge in [-0.05, 0) is 0 Å². The van der Waals surface area contributed by atoms with Gasteiger partial charge >= 0.3 is 0 Å². The van der Waals surface area contributed by atoms with Crippen LogP contribution in [-0.4, -0.2) is 0 Å². The average molecular weight is 162 g/mol. The molecule has 2 heteroatoms. The third-order valence-electron chi connectivity index (χ3n) is 0.455. The molecule has 0 bridgehead atoms. The van der Waals surface area contributed by atoms with Crippen molar-refractivity contribution in [3.05, 3.63) is 24.5 Å². The van der Waals surface area contributed by atoms with Crippen LogP contribution in [0.2, 0.25) is 0 Å². The molecule has 0 aliphatic heterocycles. The Bertz CT molecular complexity index is 64.0. The van der Waals surface area contributed by atoms with Crippen LogP contribution >= 0.6 is 0 Å². The summed E-state index contributed by atoms with van der Waals surface area (Å²) in [5.41, 5.74) is 0. The normalized spacial score (nSPS) is 6.67. The fourth-order valence-electron chi connectivity index (χ4n) is 0.248. The Morgan fingerprint density at radius 2 is 1.50 bits per heavy atom. The first-order valence-corrected chi connectivity index (χ1v) is 1.52. The quantitative estimate of drug-likeness (QED) is 0.510. The van der Waals surface area contributed by atoms with Crippen LogP contribution in [0, 0.1) is 0 Å². The van der Waals surface area contributed by atoms with Gasteiger partial charge in [0.05, 0.1) is 0 Å². The van der Waals surface area contributed by atoms with Gasteiger partial charge in [-0.1, -0.05) is 12.1 Å². The van der Waals surface area contributed by atoms with Crippen LogP contribution in [0.15, 0.2) is 24.5 Å². The number of nitrogens with zero attached hydrogens (tertiary/aromatic N) is 1. The molecular formula is C4H4MoN-. The Kier molecular flexibility index (Phi) is 3.15. The Morgan fingerprint density at radius 1 is 1.00 bits per heavy atom. The van der Waals surface area contributed by atoms with E-state index >= 15 is 0 Å². The van der Waals surface area contributed by atoms with E-state index in [4.69, 9.17) is 0 Å². The van der Waals surface area contributed by atoms with Gasteiger partial charge in [0.1, 0.15) is 0 Å².